The van der Waals surface area contributed by atoms with Crippen LogP contribution in [0.3, 0.4) is 0 Å². The first-order valence-corrected chi connectivity index (χ1v) is 9.21. The summed E-state index contributed by atoms with van der Waals surface area (Å²) in [5, 5.41) is 4.55. The average Bonchev–Trinajstić information content (AvgIpc) is 3.07. The van der Waals surface area contributed by atoms with Gasteiger partial charge in [0, 0.05) is 11.8 Å². The van der Waals surface area contributed by atoms with E-state index in [9.17, 15) is 19.2 Å². The topological polar surface area (TPSA) is 112 Å². The molecule has 1 atom stereocenters. The van der Waals surface area contributed by atoms with Gasteiger partial charge in [-0.15, -0.1) is 0 Å². The molecule has 0 saturated carbocycles. The van der Waals surface area contributed by atoms with Crippen molar-refractivity contribution < 1.29 is 14.4 Å². The zero-order chi connectivity index (χ0) is 21.0. The van der Waals surface area contributed by atoms with Gasteiger partial charge in [-0.2, -0.15) is 9.20 Å². The molecular formula is C21H14N4O5. The summed E-state index contributed by atoms with van der Waals surface area (Å²) in [5.74, 6) is -2.31. The third kappa shape index (κ3) is 2.48. The highest BCUT2D eigenvalue weighted by atomic mass is 16.7. The van der Waals surface area contributed by atoms with Crippen LogP contribution in [0.15, 0.2) is 63.3 Å². The van der Waals surface area contributed by atoms with Gasteiger partial charge in [0.2, 0.25) is 5.91 Å². The number of carbonyl (C=O) groups excluding carboxylic acids is 2. The molecule has 5 rings (SSSR count). The molecule has 0 fully saturated rings. The minimum absolute atomic E-state index is 0.182. The molecule has 0 radical (unpaired) electrons. The fraction of sp³-hybridized carbons (Fsp3) is 0.143. The smallest absolute Gasteiger partial charge is 0.318 e. The zero-order valence-electron chi connectivity index (χ0n) is 15.7. The van der Waals surface area contributed by atoms with E-state index in [1.807, 2.05) is 0 Å². The first-order valence-electron chi connectivity index (χ1n) is 9.21. The Morgan fingerprint density at radius 1 is 0.967 bits per heavy atom. The maximum absolute atomic E-state index is 13.3. The number of aromatic nitrogens is 3. The Morgan fingerprint density at radius 2 is 1.63 bits per heavy atom. The molecule has 9 nitrogen and oxygen atoms in total. The van der Waals surface area contributed by atoms with Crippen molar-refractivity contribution in [3.05, 3.63) is 69.2 Å². The third-order valence-corrected chi connectivity index (χ3v) is 5.23. The lowest BCUT2D eigenvalue weighted by molar-refractivity contribution is -0.143. The van der Waals surface area contributed by atoms with Crippen molar-refractivity contribution in [1.82, 2.24) is 14.2 Å². The van der Waals surface area contributed by atoms with Crippen molar-refractivity contribution in [2.75, 3.05) is 0 Å². The van der Waals surface area contributed by atoms with E-state index in [0.29, 0.717) is 16.6 Å². The van der Waals surface area contributed by atoms with Crippen molar-refractivity contribution in [1.29, 1.82) is 0 Å². The van der Waals surface area contributed by atoms with Gasteiger partial charge in [0.25, 0.3) is 11.1 Å². The Balaban J connectivity index is 1.87. The molecule has 30 heavy (non-hydrogen) atoms. The lowest BCUT2D eigenvalue weighted by Crippen LogP contribution is -2.39. The molecule has 4 aromatic rings. The third-order valence-electron chi connectivity index (χ3n) is 5.23. The van der Waals surface area contributed by atoms with Crippen LogP contribution in [0.25, 0.3) is 27.3 Å². The fourth-order valence-corrected chi connectivity index (χ4v) is 3.68. The van der Waals surface area contributed by atoms with E-state index in [1.54, 1.807) is 55.5 Å². The maximum Gasteiger partial charge on any atom is 0.344 e. The second-order valence-electron chi connectivity index (χ2n) is 7.03. The van der Waals surface area contributed by atoms with E-state index in [1.165, 1.54) is 0 Å². The zero-order valence-corrected chi connectivity index (χ0v) is 15.7. The summed E-state index contributed by atoms with van der Waals surface area (Å²) in [4.78, 5) is 60.7. The molecule has 2 aromatic carbocycles. The van der Waals surface area contributed by atoms with Gasteiger partial charge >= 0.3 is 5.97 Å². The van der Waals surface area contributed by atoms with E-state index in [-0.39, 0.29) is 22.8 Å². The monoisotopic (exact) mass is 402 g/mol. The van der Waals surface area contributed by atoms with Crippen LogP contribution in [0, 0.1) is 5.92 Å². The highest BCUT2D eigenvalue weighted by molar-refractivity contribution is 6.06. The van der Waals surface area contributed by atoms with Gasteiger partial charge in [0.1, 0.15) is 5.92 Å². The first kappa shape index (κ1) is 17.9. The normalized spacial score (nSPS) is 16.2. The SMILES string of the molecule is CC1=NOC(=O)C1CC(=O)n1c(=O)c2ccccc2c2nc3ccccc3c(=O)n21. The van der Waals surface area contributed by atoms with E-state index in [4.69, 9.17) is 0 Å². The Hall–Kier alpha value is -4.14. The molecule has 1 aliphatic heterocycles. The van der Waals surface area contributed by atoms with Crippen molar-refractivity contribution in [3.8, 4) is 0 Å². The predicted octanol–water partition coefficient (Wildman–Crippen LogP) is 1.74. The van der Waals surface area contributed by atoms with Gasteiger partial charge < -0.3 is 4.84 Å². The summed E-state index contributed by atoms with van der Waals surface area (Å²) >= 11 is 0. The summed E-state index contributed by atoms with van der Waals surface area (Å²) < 4.78 is 1.75. The summed E-state index contributed by atoms with van der Waals surface area (Å²) in [6, 6.07) is 13.3. The molecular weight excluding hydrogens is 388 g/mol. The minimum atomic E-state index is -0.907. The summed E-state index contributed by atoms with van der Waals surface area (Å²) in [6.07, 6.45) is -0.360. The van der Waals surface area contributed by atoms with E-state index in [2.05, 4.69) is 15.0 Å². The lowest BCUT2D eigenvalue weighted by Gasteiger charge is -2.14. The number of fused-ring (bicyclic) bond motifs is 4. The van der Waals surface area contributed by atoms with Crippen LogP contribution in [0.5, 0.6) is 0 Å². The van der Waals surface area contributed by atoms with Crippen LogP contribution in [0.2, 0.25) is 0 Å². The highest BCUT2D eigenvalue weighted by Gasteiger charge is 2.33. The molecule has 3 heterocycles. The van der Waals surface area contributed by atoms with E-state index in [0.717, 1.165) is 9.20 Å². The van der Waals surface area contributed by atoms with Gasteiger partial charge in [-0.1, -0.05) is 35.5 Å². The van der Waals surface area contributed by atoms with Crippen molar-refractivity contribution in [2.45, 2.75) is 13.3 Å². The second kappa shape index (κ2) is 6.45. The van der Waals surface area contributed by atoms with Crippen LogP contribution in [0.1, 0.15) is 18.1 Å². The second-order valence-corrected chi connectivity index (χ2v) is 7.03. The molecule has 0 N–H and O–H groups in total. The maximum atomic E-state index is 13.3. The number of hydrogen-bond donors (Lipinski definition) is 0. The van der Waals surface area contributed by atoms with Gasteiger partial charge in [-0.05, 0) is 25.1 Å². The van der Waals surface area contributed by atoms with Gasteiger partial charge in [-0.25, -0.2) is 9.78 Å². The fourth-order valence-electron chi connectivity index (χ4n) is 3.68. The van der Waals surface area contributed by atoms with Crippen molar-refractivity contribution in [2.24, 2.45) is 11.1 Å². The van der Waals surface area contributed by atoms with Gasteiger partial charge in [0.15, 0.2) is 5.65 Å². The Kier molecular flexibility index (Phi) is 3.85. The summed E-state index contributed by atoms with van der Waals surface area (Å²) in [5.41, 5.74) is -0.244. The number of rotatable bonds is 2. The van der Waals surface area contributed by atoms with Crippen LogP contribution in [-0.2, 0) is 9.63 Å². The number of carbonyl (C=O) groups is 2. The number of oxime groups is 1. The summed E-state index contributed by atoms with van der Waals surface area (Å²) in [6.45, 7) is 1.56. The van der Waals surface area contributed by atoms with Crippen LogP contribution < -0.4 is 11.1 Å². The average molecular weight is 402 g/mol. The molecule has 148 valence electrons. The number of para-hydroxylation sites is 1. The quantitative estimate of drug-likeness (QED) is 0.287. The van der Waals surface area contributed by atoms with Crippen LogP contribution in [-0.4, -0.2) is 31.8 Å². The predicted molar refractivity (Wildman–Crippen MR) is 109 cm³/mol. The van der Waals surface area contributed by atoms with Crippen LogP contribution in [0.4, 0.5) is 0 Å². The first-order chi connectivity index (χ1) is 14.5. The molecule has 0 saturated heterocycles. The van der Waals surface area contributed by atoms with E-state index >= 15 is 0 Å². The number of nitrogens with zero attached hydrogens (tertiary/aromatic N) is 4. The molecule has 2 aromatic heterocycles. The van der Waals surface area contributed by atoms with Crippen molar-refractivity contribution in [3.63, 3.8) is 0 Å². The molecule has 0 bridgehead atoms. The van der Waals surface area contributed by atoms with E-state index < -0.39 is 28.9 Å². The lowest BCUT2D eigenvalue weighted by atomic mass is 10.0. The Morgan fingerprint density at radius 3 is 2.33 bits per heavy atom. The summed E-state index contributed by atoms with van der Waals surface area (Å²) in [7, 11) is 0. The van der Waals surface area contributed by atoms with Gasteiger partial charge in [-0.3, -0.25) is 14.4 Å². The van der Waals surface area contributed by atoms with Crippen molar-refractivity contribution >= 4 is 44.9 Å². The largest absolute Gasteiger partial charge is 0.344 e. The Bertz CT molecular complexity index is 1550. The number of benzene rings is 2. The van der Waals surface area contributed by atoms with Crippen LogP contribution >= 0.6 is 0 Å². The molecule has 0 spiro atoms. The number of hydrogen-bond acceptors (Lipinski definition) is 7. The Labute approximate surface area is 167 Å². The molecule has 0 aliphatic carbocycles. The standard InChI is InChI=1S/C21H14N4O5/c1-11-15(21(29)30-23-11)10-17(26)24-19(27)13-7-3-2-6-12(13)18-22-16-9-5-4-8-14(16)20(28)25(18)24/h2-9,15H,10H2,1H3. The highest BCUT2D eigenvalue weighted by Crippen LogP contribution is 2.19. The molecule has 9 heteroatoms. The minimum Gasteiger partial charge on any atom is -0.318 e. The van der Waals surface area contributed by atoms with Gasteiger partial charge in [0.05, 0.1) is 22.0 Å². The molecule has 1 aliphatic rings. The molecule has 0 amide bonds. The molecule has 1 unspecified atom stereocenters.